The van der Waals surface area contributed by atoms with Gasteiger partial charge in [-0.05, 0) is 60.4 Å². The first-order chi connectivity index (χ1) is 13.8. The molecule has 0 saturated heterocycles. The number of hydrogen-bond acceptors (Lipinski definition) is 3. The Morgan fingerprint density at radius 1 is 0.893 bits per heavy atom. The summed E-state index contributed by atoms with van der Waals surface area (Å²) >= 11 is 0. The van der Waals surface area contributed by atoms with Crippen LogP contribution in [0.2, 0.25) is 0 Å². The minimum atomic E-state index is -0.140. The summed E-state index contributed by atoms with van der Waals surface area (Å²) in [5.41, 5.74) is 2.77. The molecule has 0 radical (unpaired) electrons. The van der Waals surface area contributed by atoms with E-state index in [0.717, 1.165) is 35.1 Å². The van der Waals surface area contributed by atoms with E-state index in [-0.39, 0.29) is 12.5 Å². The van der Waals surface area contributed by atoms with Crippen molar-refractivity contribution in [1.82, 2.24) is 5.32 Å². The van der Waals surface area contributed by atoms with Gasteiger partial charge < -0.3 is 14.8 Å². The molecule has 28 heavy (non-hydrogen) atoms. The summed E-state index contributed by atoms with van der Waals surface area (Å²) in [5.74, 6) is 1.46. The van der Waals surface area contributed by atoms with E-state index in [1.807, 2.05) is 36.4 Å². The van der Waals surface area contributed by atoms with Gasteiger partial charge in [0.25, 0.3) is 5.91 Å². The lowest BCUT2D eigenvalue weighted by atomic mass is 9.92. The Kier molecular flexibility index (Phi) is 5.76. The highest BCUT2D eigenvalue weighted by Gasteiger charge is 2.10. The molecular formula is C24H25NO3. The van der Waals surface area contributed by atoms with Gasteiger partial charge in [-0.25, -0.2) is 0 Å². The van der Waals surface area contributed by atoms with Crippen LogP contribution in [0.1, 0.15) is 24.0 Å². The van der Waals surface area contributed by atoms with Crippen LogP contribution in [-0.4, -0.2) is 25.7 Å². The Balaban J connectivity index is 1.22. The molecular weight excluding hydrogens is 350 g/mol. The molecule has 4 rings (SSSR count). The van der Waals surface area contributed by atoms with Crippen molar-refractivity contribution in [1.29, 1.82) is 0 Å². The average molecular weight is 375 g/mol. The maximum absolute atomic E-state index is 12.0. The number of fused-ring (bicyclic) bond motifs is 2. The molecule has 1 amide bonds. The second kappa shape index (κ2) is 8.79. The summed E-state index contributed by atoms with van der Waals surface area (Å²) in [6.45, 7) is 0.876. The number of benzene rings is 3. The second-order valence-electron chi connectivity index (χ2n) is 7.10. The van der Waals surface area contributed by atoms with Crippen molar-refractivity contribution in [3.63, 3.8) is 0 Å². The number of hydrogen-bond donors (Lipinski definition) is 1. The van der Waals surface area contributed by atoms with E-state index in [1.165, 1.54) is 24.0 Å². The first-order valence-corrected chi connectivity index (χ1v) is 9.91. The van der Waals surface area contributed by atoms with E-state index < -0.39 is 0 Å². The van der Waals surface area contributed by atoms with Crippen LogP contribution in [0.4, 0.5) is 0 Å². The fourth-order valence-corrected chi connectivity index (χ4v) is 3.67. The Labute approximate surface area is 165 Å². The Hall–Kier alpha value is -3.01. The van der Waals surface area contributed by atoms with Gasteiger partial charge in [0, 0.05) is 5.39 Å². The standard InChI is InChI=1S/C24H25NO3/c26-24(17-28-21-13-12-18-6-1-2-8-20(18)16-21)25-14-15-27-23-11-5-9-19-7-3-4-10-22(19)23/h3-5,7,9-13,16H,1-2,6,8,14-15,17H2,(H,25,26). The van der Waals surface area contributed by atoms with E-state index >= 15 is 0 Å². The number of carbonyl (C=O) groups is 1. The molecule has 0 unspecified atom stereocenters. The second-order valence-corrected chi connectivity index (χ2v) is 7.10. The highest BCUT2D eigenvalue weighted by Crippen LogP contribution is 2.26. The zero-order chi connectivity index (χ0) is 19.2. The van der Waals surface area contributed by atoms with Crippen molar-refractivity contribution in [2.75, 3.05) is 19.8 Å². The first kappa shape index (κ1) is 18.4. The van der Waals surface area contributed by atoms with Crippen molar-refractivity contribution in [3.05, 3.63) is 71.8 Å². The highest BCUT2D eigenvalue weighted by atomic mass is 16.5. The molecule has 0 atom stereocenters. The predicted octanol–water partition coefficient (Wildman–Crippen LogP) is 4.29. The van der Waals surface area contributed by atoms with Gasteiger partial charge in [0.15, 0.2) is 6.61 Å². The maximum atomic E-state index is 12.0. The third kappa shape index (κ3) is 4.45. The molecule has 144 valence electrons. The Morgan fingerprint density at radius 3 is 2.64 bits per heavy atom. The van der Waals surface area contributed by atoms with E-state index in [1.54, 1.807) is 0 Å². The van der Waals surface area contributed by atoms with E-state index in [4.69, 9.17) is 9.47 Å². The number of aryl methyl sites for hydroxylation is 2. The van der Waals surface area contributed by atoms with Crippen LogP contribution in [0.5, 0.6) is 11.5 Å². The summed E-state index contributed by atoms with van der Waals surface area (Å²) in [7, 11) is 0. The number of nitrogens with one attached hydrogen (secondary N) is 1. The monoisotopic (exact) mass is 375 g/mol. The van der Waals surface area contributed by atoms with Gasteiger partial charge in [-0.15, -0.1) is 0 Å². The fraction of sp³-hybridized carbons (Fsp3) is 0.292. The third-order valence-corrected chi connectivity index (χ3v) is 5.12. The molecule has 3 aromatic rings. The van der Waals surface area contributed by atoms with Crippen LogP contribution >= 0.6 is 0 Å². The number of carbonyl (C=O) groups excluding carboxylic acids is 1. The summed E-state index contributed by atoms with van der Waals surface area (Å²) < 4.78 is 11.5. The molecule has 1 aliphatic carbocycles. The number of amides is 1. The average Bonchev–Trinajstić information content (AvgIpc) is 2.75. The molecule has 0 saturated carbocycles. The molecule has 0 spiro atoms. The molecule has 0 fully saturated rings. The van der Waals surface area contributed by atoms with Crippen molar-refractivity contribution < 1.29 is 14.3 Å². The van der Waals surface area contributed by atoms with Crippen LogP contribution in [0.25, 0.3) is 10.8 Å². The number of ether oxygens (including phenoxy) is 2. The molecule has 0 aromatic heterocycles. The van der Waals surface area contributed by atoms with Crippen molar-refractivity contribution in [3.8, 4) is 11.5 Å². The van der Waals surface area contributed by atoms with Crippen molar-refractivity contribution >= 4 is 16.7 Å². The van der Waals surface area contributed by atoms with Gasteiger partial charge in [-0.1, -0.05) is 42.5 Å². The molecule has 1 aliphatic rings. The molecule has 3 aromatic carbocycles. The van der Waals surface area contributed by atoms with Gasteiger partial charge >= 0.3 is 0 Å². The van der Waals surface area contributed by atoms with Gasteiger partial charge in [-0.2, -0.15) is 0 Å². The Bertz CT molecular complexity index is 962. The van der Waals surface area contributed by atoms with E-state index in [0.29, 0.717) is 13.2 Å². The van der Waals surface area contributed by atoms with Crippen molar-refractivity contribution in [2.24, 2.45) is 0 Å². The first-order valence-electron chi connectivity index (χ1n) is 9.91. The molecule has 1 N–H and O–H groups in total. The smallest absolute Gasteiger partial charge is 0.258 e. The lowest BCUT2D eigenvalue weighted by molar-refractivity contribution is -0.123. The molecule has 0 bridgehead atoms. The lowest BCUT2D eigenvalue weighted by Gasteiger charge is -2.16. The SMILES string of the molecule is O=C(COc1ccc2c(c1)CCCC2)NCCOc1cccc2ccccc12. The van der Waals surface area contributed by atoms with E-state index in [2.05, 4.69) is 29.6 Å². The Morgan fingerprint density at radius 2 is 1.71 bits per heavy atom. The quantitative estimate of drug-likeness (QED) is 0.627. The van der Waals surface area contributed by atoms with Crippen LogP contribution in [-0.2, 0) is 17.6 Å². The topological polar surface area (TPSA) is 47.6 Å². The van der Waals surface area contributed by atoms with E-state index in [9.17, 15) is 4.79 Å². The lowest BCUT2D eigenvalue weighted by Crippen LogP contribution is -2.32. The summed E-state index contributed by atoms with van der Waals surface area (Å²) in [6.07, 6.45) is 4.74. The largest absolute Gasteiger partial charge is 0.491 e. The van der Waals surface area contributed by atoms with Gasteiger partial charge in [0.2, 0.25) is 0 Å². The zero-order valence-corrected chi connectivity index (χ0v) is 15.9. The van der Waals surface area contributed by atoms with Crippen molar-refractivity contribution in [2.45, 2.75) is 25.7 Å². The van der Waals surface area contributed by atoms with Crippen LogP contribution in [0, 0.1) is 0 Å². The van der Waals surface area contributed by atoms with Crippen LogP contribution in [0.3, 0.4) is 0 Å². The zero-order valence-electron chi connectivity index (χ0n) is 15.9. The number of rotatable bonds is 7. The normalized spacial score (nSPS) is 13.0. The fourth-order valence-electron chi connectivity index (χ4n) is 3.67. The molecule has 4 heteroatoms. The molecule has 0 heterocycles. The summed E-state index contributed by atoms with van der Waals surface area (Å²) in [5, 5.41) is 5.06. The third-order valence-electron chi connectivity index (χ3n) is 5.12. The highest BCUT2D eigenvalue weighted by molar-refractivity contribution is 5.88. The molecule has 0 aliphatic heterocycles. The maximum Gasteiger partial charge on any atom is 0.258 e. The van der Waals surface area contributed by atoms with Gasteiger partial charge in [-0.3, -0.25) is 4.79 Å². The summed E-state index contributed by atoms with van der Waals surface area (Å²) in [6, 6.07) is 20.2. The van der Waals surface area contributed by atoms with Crippen LogP contribution < -0.4 is 14.8 Å². The predicted molar refractivity (Wildman–Crippen MR) is 111 cm³/mol. The van der Waals surface area contributed by atoms with Gasteiger partial charge in [0.05, 0.1) is 6.54 Å². The summed E-state index contributed by atoms with van der Waals surface area (Å²) in [4.78, 5) is 12.0. The molecule has 4 nitrogen and oxygen atoms in total. The van der Waals surface area contributed by atoms with Gasteiger partial charge in [0.1, 0.15) is 18.1 Å². The van der Waals surface area contributed by atoms with Crippen LogP contribution in [0.15, 0.2) is 60.7 Å². The minimum absolute atomic E-state index is 0.0209. The minimum Gasteiger partial charge on any atom is -0.491 e.